The van der Waals surface area contributed by atoms with Crippen LogP contribution >= 0.6 is 0 Å². The van der Waals surface area contributed by atoms with Crippen LogP contribution in [0, 0.1) is 17.6 Å². The summed E-state index contributed by atoms with van der Waals surface area (Å²) < 4.78 is 38.0. The molecule has 5 N–H and O–H groups in total. The molecule has 242 valence electrons. The molecule has 2 aliphatic heterocycles. The maximum absolute atomic E-state index is 13.6. The second-order valence-corrected chi connectivity index (χ2v) is 11.7. The van der Waals surface area contributed by atoms with Crippen molar-refractivity contribution in [3.63, 3.8) is 0 Å². The molecule has 0 aliphatic carbocycles. The number of rotatable bonds is 13. The van der Waals surface area contributed by atoms with Gasteiger partial charge < -0.3 is 39.9 Å². The summed E-state index contributed by atoms with van der Waals surface area (Å²) in [4.78, 5) is 15.0. The average molecular weight is 628 g/mol. The molecule has 45 heavy (non-hydrogen) atoms. The SMILES string of the molecule is O=C1[C@H](CC[C@H](O)c2ccc(F)cc2)[C@@H](c2ccc(CCCOC[C@@H]3O[C@H](CO)[C@@H](O)[C@H](O)[C@H]3O)cc2)N1c1ccc(F)cc1. The quantitative estimate of drug-likeness (QED) is 0.144. The zero-order valence-corrected chi connectivity index (χ0v) is 24.7. The number of aryl methyl sites for hydroxylation is 1. The van der Waals surface area contributed by atoms with E-state index in [4.69, 9.17) is 9.47 Å². The van der Waals surface area contributed by atoms with Gasteiger partial charge in [-0.25, -0.2) is 8.78 Å². The van der Waals surface area contributed by atoms with E-state index in [0.717, 1.165) is 11.1 Å². The Bertz CT molecular complexity index is 1390. The second kappa shape index (κ2) is 14.9. The molecule has 2 saturated heterocycles. The maximum atomic E-state index is 13.6. The molecular weight excluding hydrogens is 588 g/mol. The summed E-state index contributed by atoms with van der Waals surface area (Å²) in [6.07, 6.45) is -4.80. The fourth-order valence-corrected chi connectivity index (χ4v) is 6.07. The van der Waals surface area contributed by atoms with Crippen molar-refractivity contribution in [2.24, 2.45) is 5.92 Å². The van der Waals surface area contributed by atoms with Gasteiger partial charge in [-0.05, 0) is 78.8 Å². The number of nitrogens with zero attached hydrogens (tertiary/aromatic N) is 1. The Morgan fingerprint density at radius 2 is 1.47 bits per heavy atom. The number of carbonyl (C=O) groups excluding carboxylic acids is 1. The summed E-state index contributed by atoms with van der Waals surface area (Å²) in [7, 11) is 0. The molecule has 0 unspecified atom stereocenters. The van der Waals surface area contributed by atoms with E-state index >= 15 is 0 Å². The number of hydrogen-bond donors (Lipinski definition) is 5. The molecule has 2 aliphatic rings. The minimum Gasteiger partial charge on any atom is -0.394 e. The number of carbonyl (C=O) groups is 1. The first-order chi connectivity index (χ1) is 21.7. The Morgan fingerprint density at radius 1 is 0.844 bits per heavy atom. The van der Waals surface area contributed by atoms with E-state index < -0.39 is 55.0 Å². The molecule has 5 rings (SSSR count). The third-order valence-corrected chi connectivity index (χ3v) is 8.67. The molecule has 3 aromatic rings. The lowest BCUT2D eigenvalue weighted by atomic mass is 9.78. The van der Waals surface area contributed by atoms with Crippen molar-refractivity contribution in [2.75, 3.05) is 24.7 Å². The topological polar surface area (TPSA) is 140 Å². The highest BCUT2D eigenvalue weighted by Gasteiger charge is 2.48. The Balaban J connectivity index is 1.18. The standard InChI is InChI=1S/C34H39F2NO8/c35-23-9-7-21(8-10-23)27(39)16-15-26-30(37(34(26)43)25-13-11-24(36)12-14-25)22-5-3-20(4-6-22)2-1-17-44-19-29-32(41)33(42)31(40)28(18-38)45-29/h3-14,26-33,38-42H,1-2,15-19H2/t26-,27+,28-,29+,30-,31-,32+,33+/m1/s1. The molecule has 0 aromatic heterocycles. The molecular formula is C34H39F2NO8. The fraction of sp³-hybridized carbons (Fsp3) is 0.441. The van der Waals surface area contributed by atoms with Crippen LogP contribution in [0.3, 0.4) is 0 Å². The molecule has 0 spiro atoms. The van der Waals surface area contributed by atoms with Crippen molar-refractivity contribution in [1.29, 1.82) is 0 Å². The van der Waals surface area contributed by atoms with Crippen LogP contribution in [0.5, 0.6) is 0 Å². The number of benzene rings is 3. The number of amides is 1. The number of aliphatic hydroxyl groups excluding tert-OH is 5. The average Bonchev–Trinajstić information content (AvgIpc) is 3.04. The van der Waals surface area contributed by atoms with Crippen LogP contribution in [-0.4, -0.2) is 81.8 Å². The van der Waals surface area contributed by atoms with Crippen LogP contribution in [-0.2, 0) is 20.7 Å². The highest BCUT2D eigenvalue weighted by molar-refractivity contribution is 6.03. The molecule has 0 bridgehead atoms. The monoisotopic (exact) mass is 627 g/mol. The van der Waals surface area contributed by atoms with Gasteiger partial charge >= 0.3 is 0 Å². The zero-order valence-electron chi connectivity index (χ0n) is 24.7. The third-order valence-electron chi connectivity index (χ3n) is 8.67. The first kappa shape index (κ1) is 33.1. The lowest BCUT2D eigenvalue weighted by molar-refractivity contribution is -0.238. The van der Waals surface area contributed by atoms with Gasteiger partial charge in [-0.3, -0.25) is 4.79 Å². The smallest absolute Gasteiger partial charge is 0.233 e. The number of aliphatic hydroxyl groups is 5. The van der Waals surface area contributed by atoms with E-state index in [-0.39, 0.29) is 24.4 Å². The van der Waals surface area contributed by atoms with Crippen molar-refractivity contribution in [3.8, 4) is 0 Å². The fourth-order valence-electron chi connectivity index (χ4n) is 6.07. The highest BCUT2D eigenvalue weighted by atomic mass is 19.1. The molecule has 2 heterocycles. The van der Waals surface area contributed by atoms with Crippen molar-refractivity contribution < 1.29 is 48.6 Å². The largest absolute Gasteiger partial charge is 0.394 e. The summed E-state index contributed by atoms with van der Waals surface area (Å²) >= 11 is 0. The van der Waals surface area contributed by atoms with Gasteiger partial charge in [-0.15, -0.1) is 0 Å². The van der Waals surface area contributed by atoms with Crippen LogP contribution in [0.25, 0.3) is 0 Å². The minimum absolute atomic E-state index is 0.00738. The lowest BCUT2D eigenvalue weighted by Gasteiger charge is -2.48. The molecule has 1 amide bonds. The Labute approximate surface area is 260 Å². The minimum atomic E-state index is -1.44. The van der Waals surface area contributed by atoms with Crippen LogP contribution < -0.4 is 4.90 Å². The van der Waals surface area contributed by atoms with E-state index in [1.807, 2.05) is 24.3 Å². The molecule has 8 atom stereocenters. The molecule has 9 nitrogen and oxygen atoms in total. The van der Waals surface area contributed by atoms with Crippen LogP contribution in [0.1, 0.15) is 48.1 Å². The Hall–Kier alpha value is -3.29. The summed E-state index contributed by atoms with van der Waals surface area (Å²) in [6.45, 7) is -0.149. The van der Waals surface area contributed by atoms with Gasteiger partial charge in [-0.2, -0.15) is 0 Å². The molecule has 0 radical (unpaired) electrons. The summed E-state index contributed by atoms with van der Waals surface area (Å²) in [5.74, 6) is -1.30. The van der Waals surface area contributed by atoms with Crippen LogP contribution in [0.2, 0.25) is 0 Å². The molecule has 3 aromatic carbocycles. The van der Waals surface area contributed by atoms with Gasteiger partial charge in [0.25, 0.3) is 0 Å². The van der Waals surface area contributed by atoms with E-state index in [0.29, 0.717) is 43.5 Å². The predicted octanol–water partition coefficient (Wildman–Crippen LogP) is 2.97. The summed E-state index contributed by atoms with van der Waals surface area (Å²) in [5.41, 5.74) is 3.11. The van der Waals surface area contributed by atoms with Crippen LogP contribution in [0.4, 0.5) is 14.5 Å². The number of β-lactam (4-membered cyclic amide) rings is 1. The second-order valence-electron chi connectivity index (χ2n) is 11.7. The lowest BCUT2D eigenvalue weighted by Crippen LogP contribution is -2.59. The van der Waals surface area contributed by atoms with Gasteiger partial charge in [-0.1, -0.05) is 36.4 Å². The van der Waals surface area contributed by atoms with E-state index in [1.54, 1.807) is 17.0 Å². The number of hydrogen-bond acceptors (Lipinski definition) is 8. The van der Waals surface area contributed by atoms with Crippen molar-refractivity contribution in [3.05, 3.63) is 101 Å². The van der Waals surface area contributed by atoms with Gasteiger partial charge in [0.15, 0.2) is 0 Å². The van der Waals surface area contributed by atoms with Gasteiger partial charge in [0.1, 0.15) is 42.2 Å². The molecule has 0 saturated carbocycles. The van der Waals surface area contributed by atoms with Crippen molar-refractivity contribution in [1.82, 2.24) is 0 Å². The summed E-state index contributed by atoms with van der Waals surface area (Å²) in [5, 5.41) is 50.0. The molecule has 11 heteroatoms. The Kier molecular flexibility index (Phi) is 10.9. The first-order valence-electron chi connectivity index (χ1n) is 15.2. The third kappa shape index (κ3) is 7.58. The van der Waals surface area contributed by atoms with E-state index in [1.165, 1.54) is 36.4 Å². The van der Waals surface area contributed by atoms with Crippen molar-refractivity contribution >= 4 is 11.6 Å². The van der Waals surface area contributed by atoms with Crippen LogP contribution in [0.15, 0.2) is 72.8 Å². The van der Waals surface area contributed by atoms with E-state index in [9.17, 15) is 39.1 Å². The Morgan fingerprint density at radius 3 is 2.11 bits per heavy atom. The van der Waals surface area contributed by atoms with Gasteiger partial charge in [0, 0.05) is 12.3 Å². The van der Waals surface area contributed by atoms with Crippen molar-refractivity contribution in [2.45, 2.75) is 68.3 Å². The number of ether oxygens (including phenoxy) is 2. The number of halogens is 2. The normalized spacial score (nSPS) is 27.3. The number of anilines is 1. The van der Waals surface area contributed by atoms with E-state index in [2.05, 4.69) is 0 Å². The predicted molar refractivity (Wildman–Crippen MR) is 160 cm³/mol. The highest BCUT2D eigenvalue weighted by Crippen LogP contribution is 2.46. The first-order valence-corrected chi connectivity index (χ1v) is 15.2. The van der Waals surface area contributed by atoms with Gasteiger partial charge in [0.05, 0.1) is 31.3 Å². The molecule has 2 fully saturated rings. The summed E-state index contributed by atoms with van der Waals surface area (Å²) in [6, 6.07) is 19.0. The van der Waals surface area contributed by atoms with Gasteiger partial charge in [0.2, 0.25) is 5.91 Å². The zero-order chi connectivity index (χ0) is 32.1. The maximum Gasteiger partial charge on any atom is 0.233 e.